The van der Waals surface area contributed by atoms with Gasteiger partial charge in [-0.05, 0) is 43.2 Å². The van der Waals surface area contributed by atoms with Gasteiger partial charge in [0.1, 0.15) is 5.75 Å². The Hall–Kier alpha value is -2.38. The van der Waals surface area contributed by atoms with E-state index in [9.17, 15) is 14.4 Å². The number of carbonyl (C=O) groups is 3. The van der Waals surface area contributed by atoms with Crippen LogP contribution in [0, 0.1) is 6.92 Å². The molecular formula is C20H18BrClN2O4. The van der Waals surface area contributed by atoms with Gasteiger partial charge in [0, 0.05) is 28.5 Å². The number of methoxy groups -OCH3 is 1. The number of halogens is 2. The fourth-order valence-corrected chi connectivity index (χ4v) is 3.52. The van der Waals surface area contributed by atoms with E-state index in [1.807, 2.05) is 6.92 Å². The number of amides is 3. The molecule has 0 aliphatic carbocycles. The zero-order valence-corrected chi connectivity index (χ0v) is 17.7. The van der Waals surface area contributed by atoms with Crippen molar-refractivity contribution in [3.8, 4) is 5.75 Å². The molecule has 2 aromatic rings. The number of hydrogen-bond acceptors (Lipinski definition) is 4. The highest BCUT2D eigenvalue weighted by Crippen LogP contribution is 2.31. The number of carbonyl (C=O) groups excluding carboxylic acids is 3. The second-order valence-electron chi connectivity index (χ2n) is 6.41. The van der Waals surface area contributed by atoms with Gasteiger partial charge in [-0.2, -0.15) is 0 Å². The molecule has 1 aliphatic heterocycles. The summed E-state index contributed by atoms with van der Waals surface area (Å²) in [7, 11) is 1.50. The normalized spacial score (nSPS) is 12.9. The maximum Gasteiger partial charge on any atom is 0.261 e. The van der Waals surface area contributed by atoms with Gasteiger partial charge >= 0.3 is 0 Å². The monoisotopic (exact) mass is 464 g/mol. The molecule has 0 fully saturated rings. The second-order valence-corrected chi connectivity index (χ2v) is 7.73. The van der Waals surface area contributed by atoms with Crippen molar-refractivity contribution in [2.24, 2.45) is 0 Å². The first-order chi connectivity index (χ1) is 13.3. The number of fused-ring (bicyclic) bond motifs is 1. The van der Waals surface area contributed by atoms with Crippen LogP contribution in [0.1, 0.15) is 39.1 Å². The van der Waals surface area contributed by atoms with E-state index in [1.54, 1.807) is 30.3 Å². The summed E-state index contributed by atoms with van der Waals surface area (Å²) < 4.78 is 5.98. The van der Waals surface area contributed by atoms with Crippen molar-refractivity contribution in [2.75, 3.05) is 19.0 Å². The Kier molecular flexibility index (Phi) is 6.05. The predicted octanol–water partition coefficient (Wildman–Crippen LogP) is 4.43. The summed E-state index contributed by atoms with van der Waals surface area (Å²) in [6.45, 7) is 2.01. The number of nitrogens with zero attached hydrogens (tertiary/aromatic N) is 1. The molecule has 0 saturated heterocycles. The molecule has 1 aliphatic rings. The van der Waals surface area contributed by atoms with Crippen molar-refractivity contribution in [3.05, 3.63) is 56.5 Å². The summed E-state index contributed by atoms with van der Waals surface area (Å²) in [5.41, 5.74) is 2.11. The Morgan fingerprint density at radius 2 is 1.89 bits per heavy atom. The van der Waals surface area contributed by atoms with Crippen molar-refractivity contribution in [2.45, 2.75) is 19.8 Å². The van der Waals surface area contributed by atoms with Gasteiger partial charge in [-0.25, -0.2) is 0 Å². The van der Waals surface area contributed by atoms with Gasteiger partial charge in [-0.15, -0.1) is 0 Å². The molecule has 2 aromatic carbocycles. The number of nitrogens with one attached hydrogen (secondary N) is 1. The lowest BCUT2D eigenvalue weighted by atomic mass is 10.1. The molecule has 0 saturated carbocycles. The van der Waals surface area contributed by atoms with Crippen molar-refractivity contribution in [3.63, 3.8) is 0 Å². The van der Waals surface area contributed by atoms with E-state index < -0.39 is 0 Å². The highest BCUT2D eigenvalue weighted by molar-refractivity contribution is 9.10. The predicted molar refractivity (Wildman–Crippen MR) is 110 cm³/mol. The van der Waals surface area contributed by atoms with Crippen molar-refractivity contribution in [1.82, 2.24) is 4.90 Å². The van der Waals surface area contributed by atoms with Gasteiger partial charge in [-0.1, -0.05) is 27.5 Å². The van der Waals surface area contributed by atoms with Crippen LogP contribution in [0.15, 0.2) is 34.8 Å². The molecule has 3 amide bonds. The molecule has 8 heteroatoms. The van der Waals surface area contributed by atoms with Gasteiger partial charge in [0.05, 0.1) is 23.9 Å². The number of rotatable bonds is 6. The number of benzene rings is 2. The summed E-state index contributed by atoms with van der Waals surface area (Å²) in [4.78, 5) is 38.3. The van der Waals surface area contributed by atoms with Crippen LogP contribution in [0.25, 0.3) is 0 Å². The summed E-state index contributed by atoms with van der Waals surface area (Å²) >= 11 is 9.37. The third-order valence-corrected chi connectivity index (χ3v) is 5.37. The zero-order valence-electron chi connectivity index (χ0n) is 15.3. The molecule has 0 radical (unpaired) electrons. The van der Waals surface area contributed by atoms with E-state index in [1.165, 1.54) is 12.0 Å². The summed E-state index contributed by atoms with van der Waals surface area (Å²) in [6, 6.07) is 8.37. The third-order valence-electron chi connectivity index (χ3n) is 4.47. The van der Waals surface area contributed by atoms with Crippen molar-refractivity contribution in [1.29, 1.82) is 0 Å². The molecule has 1 heterocycles. The largest absolute Gasteiger partial charge is 0.495 e. The first kappa shape index (κ1) is 20.4. The van der Waals surface area contributed by atoms with Crippen LogP contribution < -0.4 is 10.1 Å². The van der Waals surface area contributed by atoms with Crippen molar-refractivity contribution >= 4 is 50.9 Å². The van der Waals surface area contributed by atoms with Crippen LogP contribution in [-0.2, 0) is 4.79 Å². The fraction of sp³-hybridized carbons (Fsp3) is 0.250. The molecule has 146 valence electrons. The molecular weight excluding hydrogens is 448 g/mol. The van der Waals surface area contributed by atoms with Crippen molar-refractivity contribution < 1.29 is 19.1 Å². The fourth-order valence-electron chi connectivity index (χ4n) is 3.01. The van der Waals surface area contributed by atoms with Gasteiger partial charge < -0.3 is 10.1 Å². The van der Waals surface area contributed by atoms with E-state index in [0.29, 0.717) is 34.0 Å². The number of aryl methyl sites for hydroxylation is 1. The minimum Gasteiger partial charge on any atom is -0.495 e. The quantitative estimate of drug-likeness (QED) is 0.640. The lowest BCUT2D eigenvalue weighted by Crippen LogP contribution is -2.31. The van der Waals surface area contributed by atoms with Gasteiger partial charge in [0.2, 0.25) is 5.91 Å². The average molecular weight is 466 g/mol. The number of ether oxygens (including phenoxy) is 1. The molecule has 0 aromatic heterocycles. The average Bonchev–Trinajstić information content (AvgIpc) is 2.88. The highest BCUT2D eigenvalue weighted by atomic mass is 79.9. The first-order valence-electron chi connectivity index (χ1n) is 8.61. The minimum absolute atomic E-state index is 0.155. The number of anilines is 1. The lowest BCUT2D eigenvalue weighted by molar-refractivity contribution is -0.116. The molecule has 0 bridgehead atoms. The number of hydrogen-bond donors (Lipinski definition) is 1. The summed E-state index contributed by atoms with van der Waals surface area (Å²) in [6.07, 6.45) is 0.509. The molecule has 0 unspecified atom stereocenters. The molecule has 28 heavy (non-hydrogen) atoms. The Morgan fingerprint density at radius 3 is 2.61 bits per heavy atom. The van der Waals surface area contributed by atoms with Gasteiger partial charge in [0.25, 0.3) is 11.8 Å². The SMILES string of the molecule is COc1cc(Cl)c(C)cc1NC(=O)CCCN1C(=O)c2ccc(Br)cc2C1=O. The van der Waals surface area contributed by atoms with Crippen LogP contribution in [0.5, 0.6) is 5.75 Å². The maximum absolute atomic E-state index is 12.4. The number of imide groups is 1. The second kappa shape index (κ2) is 8.32. The van der Waals surface area contributed by atoms with E-state index in [0.717, 1.165) is 10.0 Å². The van der Waals surface area contributed by atoms with E-state index >= 15 is 0 Å². The minimum atomic E-state index is -0.336. The molecule has 0 atom stereocenters. The Morgan fingerprint density at radius 1 is 1.18 bits per heavy atom. The lowest BCUT2D eigenvalue weighted by Gasteiger charge is -2.14. The topological polar surface area (TPSA) is 75.7 Å². The smallest absolute Gasteiger partial charge is 0.261 e. The molecule has 1 N–H and O–H groups in total. The van der Waals surface area contributed by atoms with E-state index in [2.05, 4.69) is 21.2 Å². The summed E-state index contributed by atoms with van der Waals surface area (Å²) in [5.74, 6) is -0.436. The first-order valence-corrected chi connectivity index (χ1v) is 9.78. The van der Waals surface area contributed by atoms with Gasteiger partial charge in [0.15, 0.2) is 0 Å². The van der Waals surface area contributed by atoms with E-state index in [-0.39, 0.29) is 30.7 Å². The maximum atomic E-state index is 12.4. The van der Waals surface area contributed by atoms with Crippen LogP contribution in [0.2, 0.25) is 5.02 Å². The van der Waals surface area contributed by atoms with E-state index in [4.69, 9.17) is 16.3 Å². The Bertz CT molecular complexity index is 977. The van der Waals surface area contributed by atoms with Gasteiger partial charge in [-0.3, -0.25) is 19.3 Å². The van der Waals surface area contributed by atoms with Crippen LogP contribution in [0.4, 0.5) is 5.69 Å². The highest BCUT2D eigenvalue weighted by Gasteiger charge is 2.35. The van der Waals surface area contributed by atoms with Crippen LogP contribution in [-0.4, -0.2) is 36.3 Å². The molecule has 0 spiro atoms. The molecule has 3 rings (SSSR count). The van der Waals surface area contributed by atoms with Crippen LogP contribution in [0.3, 0.4) is 0 Å². The Labute approximate surface area is 175 Å². The van der Waals surface area contributed by atoms with Crippen LogP contribution >= 0.6 is 27.5 Å². The zero-order chi connectivity index (χ0) is 20.4. The summed E-state index contributed by atoms with van der Waals surface area (Å²) in [5, 5.41) is 3.33. The standard InChI is InChI=1S/C20H18BrClN2O4/c1-11-8-16(17(28-2)10-15(11)22)23-18(25)4-3-7-24-19(26)13-6-5-12(21)9-14(13)20(24)27/h5-6,8-10H,3-4,7H2,1-2H3,(H,23,25). The third kappa shape index (κ3) is 4.05. The molecule has 6 nitrogen and oxygen atoms in total. The Balaban J connectivity index is 1.59.